The van der Waals surface area contributed by atoms with Gasteiger partial charge >= 0.3 is 6.09 Å². The van der Waals surface area contributed by atoms with Crippen LogP contribution in [0.25, 0.3) is 11.1 Å². The van der Waals surface area contributed by atoms with Crippen LogP contribution in [0.5, 0.6) is 0 Å². The molecular formula is C21H20FNO3. The van der Waals surface area contributed by atoms with Crippen LogP contribution in [0.1, 0.15) is 17.0 Å². The quantitative estimate of drug-likeness (QED) is 0.922. The molecule has 2 fully saturated rings. The number of likely N-dealkylation sites (tertiary alicyclic amines) is 1. The van der Waals surface area contributed by atoms with E-state index in [1.165, 1.54) is 22.3 Å². The second kappa shape index (κ2) is 5.55. The van der Waals surface area contributed by atoms with Gasteiger partial charge in [-0.3, -0.25) is 0 Å². The van der Waals surface area contributed by atoms with Crippen LogP contribution in [0.4, 0.5) is 9.18 Å². The van der Waals surface area contributed by atoms with Gasteiger partial charge in [-0.25, -0.2) is 9.18 Å². The Labute approximate surface area is 151 Å². The molecule has 4 nitrogen and oxygen atoms in total. The first-order chi connectivity index (χ1) is 12.6. The number of hydrogen-bond acceptors (Lipinski definition) is 3. The summed E-state index contributed by atoms with van der Waals surface area (Å²) in [4.78, 5) is 14.0. The molecule has 3 aliphatic rings. The smallest absolute Gasteiger partial charge is 0.409 e. The van der Waals surface area contributed by atoms with Gasteiger partial charge in [-0.15, -0.1) is 0 Å². The van der Waals surface area contributed by atoms with Gasteiger partial charge in [0.15, 0.2) is 0 Å². The lowest BCUT2D eigenvalue weighted by Crippen LogP contribution is -2.36. The molecule has 2 unspecified atom stereocenters. The van der Waals surface area contributed by atoms with Crippen molar-refractivity contribution in [3.05, 3.63) is 59.7 Å². The molecule has 1 amide bonds. The molecule has 5 heteroatoms. The molecule has 26 heavy (non-hydrogen) atoms. The molecule has 1 heterocycles. The van der Waals surface area contributed by atoms with Crippen LogP contribution in [0.2, 0.25) is 0 Å². The zero-order chi connectivity index (χ0) is 17.9. The van der Waals surface area contributed by atoms with Crippen LogP contribution >= 0.6 is 0 Å². The fourth-order valence-electron chi connectivity index (χ4n) is 4.74. The van der Waals surface area contributed by atoms with E-state index in [1.807, 2.05) is 24.3 Å². The van der Waals surface area contributed by atoms with Crippen molar-refractivity contribution >= 4 is 6.09 Å². The van der Waals surface area contributed by atoms with Crippen molar-refractivity contribution in [2.24, 2.45) is 11.8 Å². The number of carbonyl (C=O) groups excluding carboxylic acids is 1. The second-order valence-electron chi connectivity index (χ2n) is 7.51. The Morgan fingerprint density at radius 2 is 1.62 bits per heavy atom. The van der Waals surface area contributed by atoms with Crippen molar-refractivity contribution in [3.63, 3.8) is 0 Å². The fourth-order valence-corrected chi connectivity index (χ4v) is 4.74. The Bertz CT molecular complexity index is 826. The Hall–Kier alpha value is -2.40. The molecule has 0 spiro atoms. The summed E-state index contributed by atoms with van der Waals surface area (Å²) >= 11 is 0. The maximum atomic E-state index is 14.1. The van der Waals surface area contributed by atoms with Crippen molar-refractivity contribution in [2.75, 3.05) is 26.3 Å². The second-order valence-corrected chi connectivity index (χ2v) is 7.51. The van der Waals surface area contributed by atoms with Crippen molar-refractivity contribution in [3.8, 4) is 11.1 Å². The fraction of sp³-hybridized carbons (Fsp3) is 0.381. The maximum absolute atomic E-state index is 14.1. The third-order valence-electron chi connectivity index (χ3n) is 6.28. The van der Waals surface area contributed by atoms with E-state index in [9.17, 15) is 9.18 Å². The van der Waals surface area contributed by atoms with Gasteiger partial charge in [0.25, 0.3) is 0 Å². The Morgan fingerprint density at radius 1 is 1.08 bits per heavy atom. The number of alkyl halides is 1. The standard InChI is InChI=1S/C21H20FNO3/c22-21(12-24)18-9-23(10-19(18)21)20(25)26-11-17-15-7-3-1-5-13(15)14-6-2-4-8-16(14)17/h1-8,17-19,24H,9-12H2. The molecule has 2 aromatic carbocycles. The average Bonchev–Trinajstić information content (AvgIpc) is 3.03. The largest absolute Gasteiger partial charge is 0.448 e. The van der Waals surface area contributed by atoms with Gasteiger partial charge in [-0.05, 0) is 22.3 Å². The number of benzene rings is 2. The van der Waals surface area contributed by atoms with E-state index in [0.29, 0.717) is 13.1 Å². The molecule has 1 saturated carbocycles. The normalized spacial score (nSPS) is 28.5. The van der Waals surface area contributed by atoms with Gasteiger partial charge in [0, 0.05) is 30.8 Å². The predicted molar refractivity (Wildman–Crippen MR) is 94.5 cm³/mol. The van der Waals surface area contributed by atoms with E-state index in [2.05, 4.69) is 24.3 Å². The molecule has 134 valence electrons. The first-order valence-electron chi connectivity index (χ1n) is 9.03. The van der Waals surface area contributed by atoms with Crippen LogP contribution in [0, 0.1) is 11.8 Å². The molecule has 1 saturated heterocycles. The number of aliphatic hydroxyl groups excluding tert-OH is 1. The monoisotopic (exact) mass is 353 g/mol. The number of carbonyl (C=O) groups is 1. The minimum atomic E-state index is -1.49. The molecule has 2 aromatic rings. The van der Waals surface area contributed by atoms with E-state index in [1.54, 1.807) is 4.90 Å². The summed E-state index contributed by atoms with van der Waals surface area (Å²) in [5.74, 6) is -0.456. The summed E-state index contributed by atoms with van der Waals surface area (Å²) in [5, 5.41) is 9.12. The number of aliphatic hydroxyl groups is 1. The number of amides is 1. The SMILES string of the molecule is O=C(OCC1c2ccccc2-c2ccccc21)N1CC2C(C1)C2(F)CO. The first kappa shape index (κ1) is 15.8. The van der Waals surface area contributed by atoms with Crippen molar-refractivity contribution in [1.29, 1.82) is 0 Å². The molecule has 0 aromatic heterocycles. The summed E-state index contributed by atoms with van der Waals surface area (Å²) in [6.45, 7) is 0.483. The summed E-state index contributed by atoms with van der Waals surface area (Å²) in [6, 6.07) is 16.4. The van der Waals surface area contributed by atoms with Gasteiger partial charge in [-0.1, -0.05) is 48.5 Å². The lowest BCUT2D eigenvalue weighted by atomic mass is 9.98. The number of halogens is 1. The third-order valence-corrected chi connectivity index (χ3v) is 6.28. The van der Waals surface area contributed by atoms with E-state index >= 15 is 0 Å². The number of hydrogen-bond donors (Lipinski definition) is 1. The van der Waals surface area contributed by atoms with Gasteiger partial charge in [0.05, 0.1) is 6.61 Å². The molecule has 0 bridgehead atoms. The molecule has 5 rings (SSSR count). The van der Waals surface area contributed by atoms with Gasteiger partial charge in [0.2, 0.25) is 0 Å². The highest BCUT2D eigenvalue weighted by molar-refractivity contribution is 5.79. The van der Waals surface area contributed by atoms with E-state index in [0.717, 1.165) is 0 Å². The highest BCUT2D eigenvalue weighted by Crippen LogP contribution is 2.58. The van der Waals surface area contributed by atoms with Crippen LogP contribution in [-0.4, -0.2) is 48.1 Å². The average molecular weight is 353 g/mol. The van der Waals surface area contributed by atoms with Crippen LogP contribution < -0.4 is 0 Å². The molecular weight excluding hydrogens is 333 g/mol. The highest BCUT2D eigenvalue weighted by atomic mass is 19.1. The van der Waals surface area contributed by atoms with E-state index < -0.39 is 12.3 Å². The van der Waals surface area contributed by atoms with Gasteiger partial charge in [-0.2, -0.15) is 0 Å². The summed E-state index contributed by atoms with van der Waals surface area (Å²) in [5.41, 5.74) is 3.25. The third kappa shape index (κ3) is 2.13. The zero-order valence-corrected chi connectivity index (χ0v) is 14.3. The van der Waals surface area contributed by atoms with Crippen LogP contribution in [0.3, 0.4) is 0 Å². The van der Waals surface area contributed by atoms with Crippen molar-refractivity contribution in [2.45, 2.75) is 11.6 Å². The summed E-state index contributed by atoms with van der Waals surface area (Å²) in [7, 11) is 0. The number of nitrogens with zero attached hydrogens (tertiary/aromatic N) is 1. The number of rotatable bonds is 3. The number of fused-ring (bicyclic) bond motifs is 4. The number of piperidine rings is 1. The van der Waals surface area contributed by atoms with Crippen molar-refractivity contribution < 1.29 is 19.0 Å². The Balaban J connectivity index is 1.29. The molecule has 2 atom stereocenters. The van der Waals surface area contributed by atoms with Gasteiger partial charge in [0.1, 0.15) is 12.3 Å². The Morgan fingerprint density at radius 3 is 2.15 bits per heavy atom. The topological polar surface area (TPSA) is 49.8 Å². The van der Waals surface area contributed by atoms with Crippen LogP contribution in [-0.2, 0) is 4.74 Å². The molecule has 1 N–H and O–H groups in total. The minimum absolute atomic E-state index is 0.0289. The summed E-state index contributed by atoms with van der Waals surface area (Å²) in [6.07, 6.45) is -0.389. The molecule has 0 radical (unpaired) electrons. The predicted octanol–water partition coefficient (Wildman–Crippen LogP) is 3.20. The van der Waals surface area contributed by atoms with Crippen molar-refractivity contribution in [1.82, 2.24) is 4.90 Å². The maximum Gasteiger partial charge on any atom is 0.409 e. The number of ether oxygens (including phenoxy) is 1. The van der Waals surface area contributed by atoms with E-state index in [-0.39, 0.29) is 30.5 Å². The molecule has 1 aliphatic heterocycles. The highest BCUT2D eigenvalue weighted by Gasteiger charge is 2.70. The summed E-state index contributed by atoms with van der Waals surface area (Å²) < 4.78 is 19.7. The lowest BCUT2D eigenvalue weighted by Gasteiger charge is -2.22. The van der Waals surface area contributed by atoms with E-state index in [4.69, 9.17) is 9.84 Å². The zero-order valence-electron chi connectivity index (χ0n) is 14.3. The lowest BCUT2D eigenvalue weighted by molar-refractivity contribution is 0.0788. The molecule has 2 aliphatic carbocycles. The first-order valence-corrected chi connectivity index (χ1v) is 9.03. The Kier molecular flexibility index (Phi) is 3.38. The van der Waals surface area contributed by atoms with Crippen LogP contribution in [0.15, 0.2) is 48.5 Å². The van der Waals surface area contributed by atoms with Gasteiger partial charge < -0.3 is 14.7 Å². The minimum Gasteiger partial charge on any atom is -0.448 e.